The Morgan fingerprint density at radius 2 is 1.68 bits per heavy atom. The van der Waals surface area contributed by atoms with Gasteiger partial charge in [-0.2, -0.15) is 5.10 Å². The molecule has 0 atom stereocenters. The number of aromatic nitrogens is 5. The van der Waals surface area contributed by atoms with Gasteiger partial charge in [-0.3, -0.25) is 15.0 Å². The third-order valence-electron chi connectivity index (χ3n) is 5.89. The molecule has 208 valence electrons. The zero-order chi connectivity index (χ0) is 29.1. The molecule has 3 aromatic heterocycles. The van der Waals surface area contributed by atoms with Gasteiger partial charge in [0.15, 0.2) is 5.69 Å². The molecule has 2 aromatic carbocycles. The first-order valence-electron chi connectivity index (χ1n) is 12.4. The van der Waals surface area contributed by atoms with Crippen LogP contribution in [-0.2, 0) is 10.2 Å². The molecule has 3 amide bonds. The van der Waals surface area contributed by atoms with Crippen molar-refractivity contribution in [1.29, 1.82) is 0 Å². The number of aromatic amines is 1. The number of benzene rings is 2. The molecule has 5 aromatic rings. The monoisotopic (exact) mass is 554 g/mol. The Kier molecular flexibility index (Phi) is 7.08. The van der Waals surface area contributed by atoms with Gasteiger partial charge in [0.2, 0.25) is 0 Å². The topological polar surface area (TPSA) is 179 Å². The lowest BCUT2D eigenvalue weighted by Gasteiger charge is -2.13. The summed E-state index contributed by atoms with van der Waals surface area (Å²) in [5.41, 5.74) is 8.40. The standard InChI is InChI=1S/C28H26N8O5/c1-28(2,3)23-14-24(35-34-23)33-27(39)32-16-4-6-17(7-5-16)36-15-31-20-12-18(8-9-22(20)36)40-19-10-11-30-21(13-19)25(37)41-26(29)38/h4-15H,1-3H3,(H2,29,38)(H3,32,33,34,35,39). The van der Waals surface area contributed by atoms with Gasteiger partial charge >= 0.3 is 18.1 Å². The molecule has 41 heavy (non-hydrogen) atoms. The van der Waals surface area contributed by atoms with Crippen molar-refractivity contribution in [2.24, 2.45) is 5.73 Å². The van der Waals surface area contributed by atoms with Crippen LogP contribution in [0.2, 0.25) is 0 Å². The second kappa shape index (κ2) is 10.8. The van der Waals surface area contributed by atoms with E-state index in [9.17, 15) is 14.4 Å². The van der Waals surface area contributed by atoms with Gasteiger partial charge in [0, 0.05) is 41.2 Å². The van der Waals surface area contributed by atoms with Gasteiger partial charge in [-0.05, 0) is 42.5 Å². The van der Waals surface area contributed by atoms with Gasteiger partial charge in [0.25, 0.3) is 0 Å². The van der Waals surface area contributed by atoms with E-state index < -0.39 is 18.1 Å². The molecule has 0 aliphatic rings. The van der Waals surface area contributed by atoms with Crippen molar-refractivity contribution in [2.75, 3.05) is 10.6 Å². The number of carbonyl (C=O) groups excluding carboxylic acids is 3. The number of carbonyl (C=O) groups is 3. The van der Waals surface area contributed by atoms with Gasteiger partial charge in [-0.25, -0.2) is 24.4 Å². The molecule has 0 saturated carbocycles. The van der Waals surface area contributed by atoms with Crippen LogP contribution in [0.15, 0.2) is 73.2 Å². The molecule has 5 N–H and O–H groups in total. The summed E-state index contributed by atoms with van der Waals surface area (Å²) in [5.74, 6) is 0.309. The summed E-state index contributed by atoms with van der Waals surface area (Å²) in [4.78, 5) is 43.5. The van der Waals surface area contributed by atoms with Crippen LogP contribution in [0.3, 0.4) is 0 Å². The summed E-state index contributed by atoms with van der Waals surface area (Å²) < 4.78 is 12.1. The lowest BCUT2D eigenvalue weighted by Crippen LogP contribution is -2.19. The second-order valence-corrected chi connectivity index (χ2v) is 10.00. The van der Waals surface area contributed by atoms with Gasteiger partial charge in [0.1, 0.15) is 23.6 Å². The number of rotatable bonds is 6. The van der Waals surface area contributed by atoms with Crippen molar-refractivity contribution < 1.29 is 23.9 Å². The van der Waals surface area contributed by atoms with Crippen LogP contribution in [0.5, 0.6) is 11.5 Å². The van der Waals surface area contributed by atoms with E-state index in [0.29, 0.717) is 28.5 Å². The number of anilines is 2. The average molecular weight is 555 g/mol. The second-order valence-electron chi connectivity index (χ2n) is 10.00. The Bertz CT molecular complexity index is 1750. The fourth-order valence-electron chi connectivity index (χ4n) is 3.89. The van der Waals surface area contributed by atoms with Crippen LogP contribution in [0.25, 0.3) is 16.7 Å². The van der Waals surface area contributed by atoms with Crippen LogP contribution >= 0.6 is 0 Å². The van der Waals surface area contributed by atoms with Crippen LogP contribution in [0, 0.1) is 0 Å². The number of ether oxygens (including phenoxy) is 2. The number of imidazole rings is 1. The van der Waals surface area contributed by atoms with Crippen molar-refractivity contribution in [3.05, 3.63) is 84.6 Å². The summed E-state index contributed by atoms with van der Waals surface area (Å²) in [6, 6.07) is 16.9. The SMILES string of the molecule is CC(C)(C)c1cc(NC(=O)Nc2ccc(-n3cnc4cc(Oc5ccnc(C(=O)OC(N)=O)c5)ccc43)cc2)[nH]n1. The molecule has 0 unspecified atom stereocenters. The number of hydrogen-bond acceptors (Lipinski definition) is 8. The number of fused-ring (bicyclic) bond motifs is 1. The molecule has 13 nitrogen and oxygen atoms in total. The van der Waals surface area contributed by atoms with Crippen molar-refractivity contribution in [2.45, 2.75) is 26.2 Å². The quantitative estimate of drug-likeness (QED) is 0.165. The van der Waals surface area contributed by atoms with Crippen LogP contribution in [-0.4, -0.2) is 42.8 Å². The highest BCUT2D eigenvalue weighted by Gasteiger charge is 2.18. The Balaban J connectivity index is 1.25. The van der Waals surface area contributed by atoms with Gasteiger partial charge in [-0.1, -0.05) is 20.8 Å². The smallest absolute Gasteiger partial charge is 0.412 e. The van der Waals surface area contributed by atoms with Crippen molar-refractivity contribution in [1.82, 2.24) is 24.7 Å². The zero-order valence-corrected chi connectivity index (χ0v) is 22.3. The molecule has 0 fully saturated rings. The van der Waals surface area contributed by atoms with E-state index in [-0.39, 0.29) is 11.1 Å². The molecule has 13 heteroatoms. The Hall–Kier alpha value is -5.72. The Morgan fingerprint density at radius 3 is 2.39 bits per heavy atom. The van der Waals surface area contributed by atoms with Gasteiger partial charge in [0.05, 0.1) is 16.7 Å². The first kappa shape index (κ1) is 26.9. The minimum absolute atomic E-state index is 0.127. The number of primary amides is 1. The summed E-state index contributed by atoms with van der Waals surface area (Å²) in [6.45, 7) is 6.12. The molecular weight excluding hydrogens is 528 g/mol. The van der Waals surface area contributed by atoms with Crippen molar-refractivity contribution >= 4 is 40.6 Å². The largest absolute Gasteiger partial charge is 0.457 e. The molecule has 0 aliphatic carbocycles. The maximum Gasteiger partial charge on any atom is 0.412 e. The van der Waals surface area contributed by atoms with E-state index >= 15 is 0 Å². The minimum Gasteiger partial charge on any atom is -0.457 e. The maximum atomic E-state index is 12.4. The lowest BCUT2D eigenvalue weighted by molar-refractivity contribution is 0.0631. The molecule has 5 rings (SSSR count). The number of pyridine rings is 1. The summed E-state index contributed by atoms with van der Waals surface area (Å²) in [6.07, 6.45) is 1.81. The van der Waals surface area contributed by atoms with Crippen LogP contribution in [0.1, 0.15) is 37.0 Å². The van der Waals surface area contributed by atoms with E-state index in [4.69, 9.17) is 10.5 Å². The average Bonchev–Trinajstić information content (AvgIpc) is 3.56. The number of urea groups is 1. The minimum atomic E-state index is -1.22. The van der Waals surface area contributed by atoms with Crippen molar-refractivity contribution in [3.63, 3.8) is 0 Å². The van der Waals surface area contributed by atoms with Gasteiger partial charge in [-0.15, -0.1) is 0 Å². The van der Waals surface area contributed by atoms with E-state index in [0.717, 1.165) is 16.9 Å². The zero-order valence-electron chi connectivity index (χ0n) is 22.3. The first-order valence-corrected chi connectivity index (χ1v) is 12.4. The number of H-pyrrole nitrogens is 1. The van der Waals surface area contributed by atoms with E-state index in [1.807, 2.05) is 43.5 Å². The highest BCUT2D eigenvalue weighted by atomic mass is 16.6. The highest BCUT2D eigenvalue weighted by Crippen LogP contribution is 2.27. The number of nitrogens with zero attached hydrogens (tertiary/aromatic N) is 4. The fourth-order valence-corrected chi connectivity index (χ4v) is 3.89. The number of esters is 1. The Labute approximate surface area is 233 Å². The molecule has 3 heterocycles. The summed E-state index contributed by atoms with van der Waals surface area (Å²) >= 11 is 0. The third kappa shape index (κ3) is 6.30. The maximum absolute atomic E-state index is 12.4. The number of amides is 3. The molecule has 0 radical (unpaired) electrons. The normalized spacial score (nSPS) is 11.2. The number of hydrogen-bond donors (Lipinski definition) is 4. The van der Waals surface area contributed by atoms with E-state index in [2.05, 4.69) is 35.5 Å². The first-order chi connectivity index (χ1) is 19.5. The number of nitrogens with two attached hydrogens (primary N) is 1. The lowest BCUT2D eigenvalue weighted by atomic mass is 9.92. The van der Waals surface area contributed by atoms with Crippen molar-refractivity contribution in [3.8, 4) is 17.2 Å². The Morgan fingerprint density at radius 1 is 0.927 bits per heavy atom. The molecule has 0 spiro atoms. The van der Waals surface area contributed by atoms with E-state index in [1.165, 1.54) is 12.3 Å². The van der Waals surface area contributed by atoms with Crippen LogP contribution < -0.4 is 21.1 Å². The molecular formula is C28H26N8O5. The summed E-state index contributed by atoms with van der Waals surface area (Å²) in [5, 5.41) is 12.6. The fraction of sp³-hybridized carbons (Fsp3) is 0.143. The van der Waals surface area contributed by atoms with Gasteiger partial charge < -0.3 is 20.5 Å². The molecule has 0 bridgehead atoms. The predicted octanol–water partition coefficient (Wildman–Crippen LogP) is 5.11. The third-order valence-corrected chi connectivity index (χ3v) is 5.89. The predicted molar refractivity (Wildman–Crippen MR) is 150 cm³/mol. The highest BCUT2D eigenvalue weighted by molar-refractivity contribution is 5.99. The van der Waals surface area contributed by atoms with Crippen LogP contribution in [0.4, 0.5) is 21.1 Å². The molecule has 0 saturated heterocycles. The number of nitrogens with one attached hydrogen (secondary N) is 3. The summed E-state index contributed by atoms with van der Waals surface area (Å²) in [7, 11) is 0. The van der Waals surface area contributed by atoms with E-state index in [1.54, 1.807) is 42.7 Å². The molecule has 0 aliphatic heterocycles.